The molecule has 0 fully saturated rings. The van der Waals surface area contributed by atoms with Gasteiger partial charge in [0.1, 0.15) is 22.0 Å². The molecule has 3 aromatic heterocycles. The maximum atomic E-state index is 11.3. The van der Waals surface area contributed by atoms with E-state index in [1.165, 1.54) is 18.3 Å². The number of carbonyl (C=O) groups is 1. The molecule has 0 bridgehead atoms. The second-order valence-electron chi connectivity index (χ2n) is 5.51. The Morgan fingerprint density at radius 2 is 2.00 bits per heavy atom. The number of hydrogen-bond acceptors (Lipinski definition) is 6. The first-order chi connectivity index (χ1) is 12.7. The van der Waals surface area contributed by atoms with Gasteiger partial charge < -0.3 is 10.3 Å². The summed E-state index contributed by atoms with van der Waals surface area (Å²) < 4.78 is 0. The monoisotopic (exact) mass is 362 g/mol. The van der Waals surface area contributed by atoms with E-state index in [2.05, 4.69) is 25.5 Å². The number of pyridine rings is 1. The summed E-state index contributed by atoms with van der Waals surface area (Å²) in [6, 6.07) is 13.6. The van der Waals surface area contributed by atoms with E-state index in [9.17, 15) is 4.79 Å². The average Bonchev–Trinajstić information content (AvgIpc) is 3.32. The molecule has 1 amide bonds. The lowest BCUT2D eigenvalue weighted by molar-refractivity contribution is -0.114. The molecule has 0 aliphatic heterocycles. The third-order valence-electron chi connectivity index (χ3n) is 3.62. The molecule has 0 unspecified atom stereocenters. The minimum absolute atomic E-state index is 0.166. The van der Waals surface area contributed by atoms with E-state index in [0.29, 0.717) is 11.6 Å². The molecule has 2 N–H and O–H groups in total. The second kappa shape index (κ2) is 6.85. The van der Waals surface area contributed by atoms with Gasteiger partial charge in [0.15, 0.2) is 5.82 Å². The predicted octanol–water partition coefficient (Wildman–Crippen LogP) is 3.62. The van der Waals surface area contributed by atoms with Crippen LogP contribution in [-0.4, -0.2) is 31.1 Å². The third-order valence-corrected chi connectivity index (χ3v) is 4.73. The van der Waals surface area contributed by atoms with Crippen LogP contribution >= 0.6 is 11.3 Å². The number of thiazole rings is 1. The van der Waals surface area contributed by atoms with Gasteiger partial charge in [0, 0.05) is 24.2 Å². The number of hydrogen-bond donors (Lipinski definition) is 2. The van der Waals surface area contributed by atoms with Gasteiger partial charge in [-0.05, 0) is 12.1 Å². The first kappa shape index (κ1) is 16.1. The summed E-state index contributed by atoms with van der Waals surface area (Å²) in [6.07, 6.45) is 3.20. The fourth-order valence-corrected chi connectivity index (χ4v) is 3.56. The topological polar surface area (TPSA) is 96.5 Å². The van der Waals surface area contributed by atoms with E-state index in [0.717, 1.165) is 26.7 Å². The molecule has 3 heterocycles. The number of aromatic nitrogens is 5. The van der Waals surface area contributed by atoms with Crippen LogP contribution in [0.4, 0.5) is 5.82 Å². The van der Waals surface area contributed by atoms with Crippen molar-refractivity contribution in [3.63, 3.8) is 0 Å². The largest absolute Gasteiger partial charge is 0.327 e. The molecule has 4 aromatic rings. The van der Waals surface area contributed by atoms with Gasteiger partial charge in [0.2, 0.25) is 5.91 Å². The fourth-order valence-electron chi connectivity index (χ4n) is 2.52. The van der Waals surface area contributed by atoms with Gasteiger partial charge in [-0.2, -0.15) is 0 Å². The summed E-state index contributed by atoms with van der Waals surface area (Å²) in [5, 5.41) is 11.5. The SMILES string of the molecule is CC(=O)Nc1cc(-c2nc(-c3ccccc3)c(-c3nnc[nH]3)s2)ccn1. The van der Waals surface area contributed by atoms with Crippen molar-refractivity contribution in [2.75, 3.05) is 5.32 Å². The molecule has 4 rings (SSSR count). The standard InChI is InChI=1S/C18H14N6OS/c1-11(25)22-14-9-13(7-8-19-14)18-23-15(12-5-3-2-4-6-12)16(26-18)17-20-10-21-24-17/h2-10H,1H3,(H,19,22,25)(H,20,21,24). The molecule has 0 saturated heterocycles. The van der Waals surface area contributed by atoms with Crippen LogP contribution in [0.15, 0.2) is 55.0 Å². The molecule has 26 heavy (non-hydrogen) atoms. The Bertz CT molecular complexity index is 1040. The van der Waals surface area contributed by atoms with Crippen LogP contribution in [0, 0.1) is 0 Å². The smallest absolute Gasteiger partial charge is 0.222 e. The number of nitrogens with zero attached hydrogens (tertiary/aromatic N) is 4. The van der Waals surface area contributed by atoms with E-state index in [1.54, 1.807) is 18.6 Å². The molecule has 1 aromatic carbocycles. The van der Waals surface area contributed by atoms with Gasteiger partial charge >= 0.3 is 0 Å². The normalized spacial score (nSPS) is 10.7. The molecule has 7 nitrogen and oxygen atoms in total. The minimum Gasteiger partial charge on any atom is -0.327 e. The zero-order valence-corrected chi connectivity index (χ0v) is 14.6. The van der Waals surface area contributed by atoms with E-state index >= 15 is 0 Å². The van der Waals surface area contributed by atoms with Crippen LogP contribution in [-0.2, 0) is 4.79 Å². The zero-order valence-electron chi connectivity index (χ0n) is 13.8. The number of amides is 1. The number of nitrogens with one attached hydrogen (secondary N) is 2. The molecule has 8 heteroatoms. The number of benzene rings is 1. The number of rotatable bonds is 4. The van der Waals surface area contributed by atoms with Crippen LogP contribution < -0.4 is 5.32 Å². The maximum Gasteiger partial charge on any atom is 0.222 e. The van der Waals surface area contributed by atoms with Crippen LogP contribution in [0.2, 0.25) is 0 Å². The van der Waals surface area contributed by atoms with Gasteiger partial charge in [0.25, 0.3) is 0 Å². The van der Waals surface area contributed by atoms with Gasteiger partial charge in [-0.1, -0.05) is 30.3 Å². The van der Waals surface area contributed by atoms with Crippen LogP contribution in [0.25, 0.3) is 32.5 Å². The van der Waals surface area contributed by atoms with Gasteiger partial charge in [0.05, 0.1) is 5.69 Å². The Kier molecular flexibility index (Phi) is 4.24. The molecule has 0 radical (unpaired) electrons. The van der Waals surface area contributed by atoms with Crippen LogP contribution in [0.3, 0.4) is 0 Å². The lowest BCUT2D eigenvalue weighted by atomic mass is 10.1. The highest BCUT2D eigenvalue weighted by molar-refractivity contribution is 7.18. The van der Waals surface area contributed by atoms with Crippen molar-refractivity contribution in [3.8, 4) is 32.5 Å². The van der Waals surface area contributed by atoms with Crippen molar-refractivity contribution >= 4 is 23.1 Å². The Balaban J connectivity index is 1.82. The molecule has 0 saturated carbocycles. The summed E-state index contributed by atoms with van der Waals surface area (Å²) in [4.78, 5) is 24.2. The van der Waals surface area contributed by atoms with Crippen LogP contribution in [0.1, 0.15) is 6.92 Å². The van der Waals surface area contributed by atoms with Gasteiger partial charge in [-0.3, -0.25) is 4.79 Å². The van der Waals surface area contributed by atoms with Crippen molar-refractivity contribution in [1.82, 2.24) is 25.1 Å². The molecule has 0 aliphatic carbocycles. The molecular weight excluding hydrogens is 348 g/mol. The van der Waals surface area contributed by atoms with E-state index in [4.69, 9.17) is 4.98 Å². The first-order valence-corrected chi connectivity index (χ1v) is 8.69. The summed E-state index contributed by atoms with van der Waals surface area (Å²) in [5.41, 5.74) is 2.70. The summed E-state index contributed by atoms with van der Waals surface area (Å²) in [5.74, 6) is 0.998. The molecular formula is C18H14N6OS. The van der Waals surface area contributed by atoms with E-state index < -0.39 is 0 Å². The highest BCUT2D eigenvalue weighted by atomic mass is 32.1. The highest BCUT2D eigenvalue weighted by Gasteiger charge is 2.18. The number of H-pyrrole nitrogens is 1. The summed E-state index contributed by atoms with van der Waals surface area (Å²) >= 11 is 1.51. The fraction of sp³-hybridized carbons (Fsp3) is 0.0556. The maximum absolute atomic E-state index is 11.3. The van der Waals surface area contributed by atoms with Crippen LogP contribution in [0.5, 0.6) is 0 Å². The molecule has 0 aliphatic rings. The second-order valence-corrected chi connectivity index (χ2v) is 6.51. The van der Waals surface area contributed by atoms with Crippen molar-refractivity contribution in [2.45, 2.75) is 6.92 Å². The van der Waals surface area contributed by atoms with Crippen molar-refractivity contribution in [2.24, 2.45) is 0 Å². The van der Waals surface area contributed by atoms with E-state index in [1.807, 2.05) is 36.4 Å². The lowest BCUT2D eigenvalue weighted by Gasteiger charge is -2.02. The van der Waals surface area contributed by atoms with Gasteiger partial charge in [-0.15, -0.1) is 21.5 Å². The molecule has 0 atom stereocenters. The average molecular weight is 362 g/mol. The lowest BCUT2D eigenvalue weighted by Crippen LogP contribution is -2.07. The quantitative estimate of drug-likeness (QED) is 0.578. The number of aromatic amines is 1. The van der Waals surface area contributed by atoms with Crippen molar-refractivity contribution < 1.29 is 4.79 Å². The van der Waals surface area contributed by atoms with E-state index in [-0.39, 0.29) is 5.91 Å². The Morgan fingerprint density at radius 1 is 1.15 bits per heavy atom. The number of anilines is 1. The summed E-state index contributed by atoms with van der Waals surface area (Å²) in [7, 11) is 0. The minimum atomic E-state index is -0.166. The molecule has 128 valence electrons. The first-order valence-electron chi connectivity index (χ1n) is 7.87. The highest BCUT2D eigenvalue weighted by Crippen LogP contribution is 2.39. The van der Waals surface area contributed by atoms with Gasteiger partial charge in [-0.25, -0.2) is 9.97 Å². The Morgan fingerprint density at radius 3 is 2.73 bits per heavy atom. The van der Waals surface area contributed by atoms with Crippen molar-refractivity contribution in [3.05, 3.63) is 55.0 Å². The predicted molar refractivity (Wildman–Crippen MR) is 100 cm³/mol. The Hall–Kier alpha value is -3.39. The third kappa shape index (κ3) is 3.22. The zero-order chi connectivity index (χ0) is 17.9. The number of carbonyl (C=O) groups excluding carboxylic acids is 1. The van der Waals surface area contributed by atoms with Crippen molar-refractivity contribution in [1.29, 1.82) is 0 Å². The molecule has 0 spiro atoms. The summed E-state index contributed by atoms with van der Waals surface area (Å²) in [6.45, 7) is 1.45. The Labute approximate surface area is 153 Å².